The van der Waals surface area contributed by atoms with Gasteiger partial charge in [0.2, 0.25) is 0 Å². The van der Waals surface area contributed by atoms with E-state index in [9.17, 15) is 8.78 Å². The fraction of sp³-hybridized carbons (Fsp3) is 0.789. The molecule has 136 valence electrons. The van der Waals surface area contributed by atoms with Gasteiger partial charge in [-0.1, -0.05) is 0 Å². The molecule has 2 rings (SSSR count). The SMILES string of the molecule is CCC[CH2][Sn]([CH2]CCC)([CH2]CCC)[c]1ccnc(C2CC2(F)F)n1. The first-order chi connectivity index (χ1) is 11.5. The van der Waals surface area contributed by atoms with E-state index in [0.717, 1.165) is 0 Å². The van der Waals surface area contributed by atoms with E-state index < -0.39 is 30.2 Å². The van der Waals surface area contributed by atoms with E-state index >= 15 is 0 Å². The summed E-state index contributed by atoms with van der Waals surface area (Å²) in [5.74, 6) is -2.90. The molecule has 0 radical (unpaired) electrons. The van der Waals surface area contributed by atoms with Crippen LogP contribution in [0, 0.1) is 0 Å². The number of aromatic nitrogens is 2. The molecule has 0 aliphatic heterocycles. The van der Waals surface area contributed by atoms with Crippen molar-refractivity contribution in [2.24, 2.45) is 0 Å². The van der Waals surface area contributed by atoms with Gasteiger partial charge in [0.15, 0.2) is 0 Å². The van der Waals surface area contributed by atoms with Gasteiger partial charge in [-0.2, -0.15) is 0 Å². The van der Waals surface area contributed by atoms with E-state index in [2.05, 4.69) is 31.8 Å². The molecular formula is C19H32F2N2Sn. The summed E-state index contributed by atoms with van der Waals surface area (Å²) < 4.78 is 32.1. The second-order valence-electron chi connectivity index (χ2n) is 7.41. The number of alkyl halides is 2. The van der Waals surface area contributed by atoms with Crippen molar-refractivity contribution in [1.29, 1.82) is 0 Å². The molecule has 1 aromatic rings. The molecule has 1 heterocycles. The quantitative estimate of drug-likeness (QED) is 0.412. The molecule has 24 heavy (non-hydrogen) atoms. The summed E-state index contributed by atoms with van der Waals surface area (Å²) in [7, 11) is 0. The molecule has 0 bridgehead atoms. The molecule has 0 spiro atoms. The molecule has 0 saturated heterocycles. The molecule has 1 aromatic heterocycles. The Morgan fingerprint density at radius 3 is 1.96 bits per heavy atom. The average Bonchev–Trinajstić information content (AvgIpc) is 3.23. The summed E-state index contributed by atoms with van der Waals surface area (Å²) in [5, 5.41) is 0. The summed E-state index contributed by atoms with van der Waals surface area (Å²) in [5.41, 5.74) is 0. The zero-order valence-electron chi connectivity index (χ0n) is 15.5. The van der Waals surface area contributed by atoms with Crippen LogP contribution < -0.4 is 3.71 Å². The molecule has 0 N–H and O–H groups in total. The summed E-state index contributed by atoms with van der Waals surface area (Å²) >= 11 is -2.63. The van der Waals surface area contributed by atoms with Gasteiger partial charge in [-0.05, 0) is 0 Å². The third kappa shape index (κ3) is 4.89. The van der Waals surface area contributed by atoms with Crippen molar-refractivity contribution in [1.82, 2.24) is 9.97 Å². The Bertz CT molecular complexity index is 500. The Morgan fingerprint density at radius 2 is 1.54 bits per heavy atom. The summed E-state index contributed by atoms with van der Waals surface area (Å²) in [6, 6.07) is 2.07. The first-order valence-electron chi connectivity index (χ1n) is 9.70. The molecule has 0 amide bonds. The van der Waals surface area contributed by atoms with Gasteiger partial charge < -0.3 is 0 Å². The van der Waals surface area contributed by atoms with Crippen LogP contribution in [-0.4, -0.2) is 34.3 Å². The van der Waals surface area contributed by atoms with E-state index in [0.29, 0.717) is 5.82 Å². The van der Waals surface area contributed by atoms with Gasteiger partial charge in [0.1, 0.15) is 0 Å². The van der Waals surface area contributed by atoms with Crippen molar-refractivity contribution in [2.75, 3.05) is 0 Å². The van der Waals surface area contributed by atoms with Crippen molar-refractivity contribution in [3.63, 3.8) is 0 Å². The number of hydrogen-bond acceptors (Lipinski definition) is 2. The average molecular weight is 445 g/mol. The number of rotatable bonds is 11. The molecule has 0 aromatic carbocycles. The minimum absolute atomic E-state index is 0.0716. The summed E-state index contributed by atoms with van der Waals surface area (Å²) in [6.45, 7) is 6.73. The van der Waals surface area contributed by atoms with Crippen molar-refractivity contribution < 1.29 is 8.78 Å². The standard InChI is InChI=1S/C7H5F2N2.3C4H9.Sn/c8-7(9)4-5(7)6-10-2-1-3-11-6;3*1-3-4-2;/h1-2,5H,4H2;3*1,3-4H2,2H3;. The predicted octanol–water partition coefficient (Wildman–Crippen LogP) is 5.66. The Labute approximate surface area is 149 Å². The van der Waals surface area contributed by atoms with Crippen molar-refractivity contribution in [3.8, 4) is 0 Å². The molecule has 1 saturated carbocycles. The normalized spacial score (nSPS) is 19.5. The molecule has 1 unspecified atom stereocenters. The number of hydrogen-bond donors (Lipinski definition) is 0. The summed E-state index contributed by atoms with van der Waals surface area (Å²) in [4.78, 5) is 8.96. The topological polar surface area (TPSA) is 25.8 Å². The third-order valence-electron chi connectivity index (χ3n) is 5.38. The van der Waals surface area contributed by atoms with Crippen molar-refractivity contribution >= 4 is 22.1 Å². The van der Waals surface area contributed by atoms with Crippen molar-refractivity contribution in [2.45, 2.75) is 90.9 Å². The van der Waals surface area contributed by atoms with Crippen LogP contribution in [0.25, 0.3) is 0 Å². The van der Waals surface area contributed by atoms with Crippen LogP contribution >= 0.6 is 0 Å². The predicted molar refractivity (Wildman–Crippen MR) is 98.9 cm³/mol. The van der Waals surface area contributed by atoms with Crippen molar-refractivity contribution in [3.05, 3.63) is 18.1 Å². The number of halogens is 2. The molecule has 1 fully saturated rings. The minimum atomic E-state index is -2.63. The molecular weight excluding hydrogens is 413 g/mol. The Hall–Kier alpha value is -0.261. The van der Waals surface area contributed by atoms with E-state index in [-0.39, 0.29) is 6.42 Å². The van der Waals surface area contributed by atoms with E-state index in [4.69, 9.17) is 4.98 Å². The zero-order chi connectivity index (χ0) is 17.6. The fourth-order valence-electron chi connectivity index (χ4n) is 3.64. The van der Waals surface area contributed by atoms with Gasteiger partial charge in [-0.15, -0.1) is 0 Å². The molecule has 1 atom stereocenters. The Balaban J connectivity index is 2.31. The van der Waals surface area contributed by atoms with Crippen LogP contribution in [0.3, 0.4) is 0 Å². The van der Waals surface area contributed by atoms with Crippen LogP contribution in [0.5, 0.6) is 0 Å². The second-order valence-corrected chi connectivity index (χ2v) is 20.5. The van der Waals surface area contributed by atoms with Gasteiger partial charge in [-0.3, -0.25) is 0 Å². The van der Waals surface area contributed by atoms with Gasteiger partial charge in [-0.25, -0.2) is 0 Å². The monoisotopic (exact) mass is 446 g/mol. The second kappa shape index (κ2) is 8.90. The third-order valence-corrected chi connectivity index (χ3v) is 20.5. The molecule has 1 aliphatic rings. The number of unbranched alkanes of at least 4 members (excludes halogenated alkanes) is 3. The van der Waals surface area contributed by atoms with Crippen LogP contribution in [0.2, 0.25) is 13.3 Å². The van der Waals surface area contributed by atoms with Gasteiger partial charge in [0, 0.05) is 0 Å². The molecule has 5 heteroatoms. The Kier molecular flexibility index (Phi) is 7.44. The van der Waals surface area contributed by atoms with E-state index in [1.54, 1.807) is 6.20 Å². The number of nitrogens with zero attached hydrogens (tertiary/aromatic N) is 2. The fourth-order valence-corrected chi connectivity index (χ4v) is 19.0. The first-order valence-corrected chi connectivity index (χ1v) is 17.2. The summed E-state index contributed by atoms with van der Waals surface area (Å²) in [6.07, 6.45) is 9.05. The van der Waals surface area contributed by atoms with E-state index in [1.165, 1.54) is 55.5 Å². The van der Waals surface area contributed by atoms with Crippen LogP contribution in [0.15, 0.2) is 12.3 Å². The first kappa shape index (κ1) is 20.1. The van der Waals surface area contributed by atoms with Crippen LogP contribution in [0.4, 0.5) is 8.78 Å². The molecule has 1 aliphatic carbocycles. The molecule has 2 nitrogen and oxygen atoms in total. The zero-order valence-corrected chi connectivity index (χ0v) is 18.3. The van der Waals surface area contributed by atoms with Crippen LogP contribution in [-0.2, 0) is 0 Å². The Morgan fingerprint density at radius 1 is 1.04 bits per heavy atom. The van der Waals surface area contributed by atoms with Gasteiger partial charge >= 0.3 is 150 Å². The van der Waals surface area contributed by atoms with Crippen LogP contribution in [0.1, 0.15) is 77.5 Å². The van der Waals surface area contributed by atoms with E-state index in [1.807, 2.05) is 0 Å². The maximum atomic E-state index is 13.5. The van der Waals surface area contributed by atoms with Gasteiger partial charge in [0.05, 0.1) is 0 Å². The van der Waals surface area contributed by atoms with Gasteiger partial charge in [0.25, 0.3) is 0 Å². The maximum absolute atomic E-state index is 13.5.